The lowest BCUT2D eigenvalue weighted by atomic mass is 9.97. The highest BCUT2D eigenvalue weighted by Crippen LogP contribution is 2.20. The zero-order valence-corrected chi connectivity index (χ0v) is 12.4. The van der Waals surface area contributed by atoms with Crippen LogP contribution in [-0.4, -0.2) is 29.9 Å². The van der Waals surface area contributed by atoms with E-state index in [-0.39, 0.29) is 11.9 Å². The Morgan fingerprint density at radius 3 is 2.50 bits per heavy atom. The molecule has 1 aromatic rings. The second-order valence-corrected chi connectivity index (χ2v) is 5.75. The maximum Gasteiger partial charge on any atom is 0.241 e. The second kappa shape index (κ2) is 6.75. The fourth-order valence-electron chi connectivity index (χ4n) is 2.74. The molecule has 2 rings (SSSR count). The van der Waals surface area contributed by atoms with Crippen LogP contribution < -0.4 is 11.1 Å². The molecular formula is C16H25N3O. The summed E-state index contributed by atoms with van der Waals surface area (Å²) in [6.45, 7) is 6.40. The normalized spacial score (nSPS) is 18.7. The SMILES string of the molecule is CCC(C(=O)Nc1ccc(N)cc1)N1CCC(C)CC1. The van der Waals surface area contributed by atoms with Gasteiger partial charge in [0.2, 0.25) is 5.91 Å². The highest BCUT2D eigenvalue weighted by Gasteiger charge is 2.27. The van der Waals surface area contributed by atoms with E-state index in [1.165, 1.54) is 12.8 Å². The molecule has 3 N–H and O–H groups in total. The molecule has 1 unspecified atom stereocenters. The summed E-state index contributed by atoms with van der Waals surface area (Å²) in [4.78, 5) is 14.7. The van der Waals surface area contributed by atoms with Gasteiger partial charge in [0, 0.05) is 11.4 Å². The van der Waals surface area contributed by atoms with Gasteiger partial charge in [-0.1, -0.05) is 13.8 Å². The number of carbonyl (C=O) groups is 1. The van der Waals surface area contributed by atoms with Gasteiger partial charge in [-0.05, 0) is 62.5 Å². The van der Waals surface area contributed by atoms with Crippen molar-refractivity contribution in [1.29, 1.82) is 0 Å². The largest absolute Gasteiger partial charge is 0.399 e. The summed E-state index contributed by atoms with van der Waals surface area (Å²) >= 11 is 0. The van der Waals surface area contributed by atoms with E-state index in [0.29, 0.717) is 5.69 Å². The third-order valence-corrected chi connectivity index (χ3v) is 4.13. The number of hydrogen-bond donors (Lipinski definition) is 2. The van der Waals surface area contributed by atoms with Crippen molar-refractivity contribution in [3.8, 4) is 0 Å². The molecule has 1 atom stereocenters. The number of carbonyl (C=O) groups excluding carboxylic acids is 1. The lowest BCUT2D eigenvalue weighted by molar-refractivity contribution is -0.122. The van der Waals surface area contributed by atoms with Crippen molar-refractivity contribution in [3.63, 3.8) is 0 Å². The minimum Gasteiger partial charge on any atom is -0.399 e. The number of nitrogens with one attached hydrogen (secondary N) is 1. The summed E-state index contributed by atoms with van der Waals surface area (Å²) in [6, 6.07) is 7.27. The van der Waals surface area contributed by atoms with Crippen LogP contribution in [0, 0.1) is 5.92 Å². The fraction of sp³-hybridized carbons (Fsp3) is 0.562. The number of likely N-dealkylation sites (tertiary alicyclic amines) is 1. The maximum atomic E-state index is 12.4. The van der Waals surface area contributed by atoms with Gasteiger partial charge in [-0.2, -0.15) is 0 Å². The van der Waals surface area contributed by atoms with E-state index < -0.39 is 0 Å². The summed E-state index contributed by atoms with van der Waals surface area (Å²) in [7, 11) is 0. The Labute approximate surface area is 121 Å². The van der Waals surface area contributed by atoms with E-state index in [2.05, 4.69) is 24.1 Å². The molecule has 4 nitrogen and oxygen atoms in total. The predicted octanol–water partition coefficient (Wildman–Crippen LogP) is 2.72. The Morgan fingerprint density at radius 2 is 1.95 bits per heavy atom. The van der Waals surface area contributed by atoms with Gasteiger partial charge in [-0.25, -0.2) is 0 Å². The second-order valence-electron chi connectivity index (χ2n) is 5.75. The van der Waals surface area contributed by atoms with Crippen LogP contribution in [0.3, 0.4) is 0 Å². The minimum absolute atomic E-state index is 0.0277. The number of anilines is 2. The highest BCUT2D eigenvalue weighted by atomic mass is 16.2. The first kappa shape index (κ1) is 14.9. The molecule has 0 aromatic heterocycles. The molecule has 0 bridgehead atoms. The zero-order chi connectivity index (χ0) is 14.5. The van der Waals surface area contributed by atoms with Crippen LogP contribution in [0.1, 0.15) is 33.1 Å². The first-order valence-corrected chi connectivity index (χ1v) is 7.50. The van der Waals surface area contributed by atoms with Crippen LogP contribution in [0.2, 0.25) is 0 Å². The number of amides is 1. The quantitative estimate of drug-likeness (QED) is 0.831. The highest BCUT2D eigenvalue weighted by molar-refractivity contribution is 5.94. The van der Waals surface area contributed by atoms with Crippen molar-refractivity contribution in [2.24, 2.45) is 5.92 Å². The van der Waals surface area contributed by atoms with Crippen molar-refractivity contribution in [1.82, 2.24) is 4.90 Å². The van der Waals surface area contributed by atoms with Crippen molar-refractivity contribution < 1.29 is 4.79 Å². The van der Waals surface area contributed by atoms with E-state index >= 15 is 0 Å². The molecule has 1 heterocycles. The fourth-order valence-corrected chi connectivity index (χ4v) is 2.74. The molecule has 1 aromatic carbocycles. The Kier molecular flexibility index (Phi) is 5.01. The average molecular weight is 275 g/mol. The first-order valence-electron chi connectivity index (χ1n) is 7.50. The van der Waals surface area contributed by atoms with Crippen LogP contribution in [0.4, 0.5) is 11.4 Å². The van der Waals surface area contributed by atoms with Gasteiger partial charge in [-0.15, -0.1) is 0 Å². The van der Waals surface area contributed by atoms with Crippen LogP contribution in [-0.2, 0) is 4.79 Å². The third kappa shape index (κ3) is 3.73. The summed E-state index contributed by atoms with van der Waals surface area (Å²) in [5, 5.41) is 2.99. The summed E-state index contributed by atoms with van der Waals surface area (Å²) in [5.41, 5.74) is 7.17. The van der Waals surface area contributed by atoms with Gasteiger partial charge in [0.05, 0.1) is 6.04 Å². The molecule has 0 saturated carbocycles. The first-order chi connectivity index (χ1) is 9.60. The van der Waals surface area contributed by atoms with E-state index in [4.69, 9.17) is 5.73 Å². The molecule has 0 aliphatic carbocycles. The Hall–Kier alpha value is -1.55. The molecule has 0 spiro atoms. The number of rotatable bonds is 4. The lowest BCUT2D eigenvalue weighted by Gasteiger charge is -2.35. The zero-order valence-electron chi connectivity index (χ0n) is 12.4. The molecular weight excluding hydrogens is 250 g/mol. The Morgan fingerprint density at radius 1 is 1.35 bits per heavy atom. The number of nitrogen functional groups attached to an aromatic ring is 1. The minimum atomic E-state index is -0.0277. The Balaban J connectivity index is 1.96. The van der Waals surface area contributed by atoms with Crippen LogP contribution in [0.15, 0.2) is 24.3 Å². The monoisotopic (exact) mass is 275 g/mol. The van der Waals surface area contributed by atoms with Crippen molar-refractivity contribution in [3.05, 3.63) is 24.3 Å². The van der Waals surface area contributed by atoms with E-state index in [1.807, 2.05) is 12.1 Å². The van der Waals surface area contributed by atoms with Gasteiger partial charge in [-0.3, -0.25) is 9.69 Å². The third-order valence-electron chi connectivity index (χ3n) is 4.13. The molecule has 1 amide bonds. The van der Waals surface area contributed by atoms with E-state index in [0.717, 1.165) is 31.1 Å². The van der Waals surface area contributed by atoms with E-state index in [1.54, 1.807) is 12.1 Å². The summed E-state index contributed by atoms with van der Waals surface area (Å²) in [5.74, 6) is 0.871. The number of nitrogens with two attached hydrogens (primary N) is 1. The van der Waals surface area contributed by atoms with Crippen molar-refractivity contribution in [2.45, 2.75) is 39.2 Å². The summed E-state index contributed by atoms with van der Waals surface area (Å²) in [6.07, 6.45) is 3.21. The molecule has 1 fully saturated rings. The number of piperidine rings is 1. The van der Waals surface area contributed by atoms with Crippen LogP contribution >= 0.6 is 0 Å². The van der Waals surface area contributed by atoms with Crippen LogP contribution in [0.5, 0.6) is 0 Å². The number of nitrogens with zero attached hydrogens (tertiary/aromatic N) is 1. The van der Waals surface area contributed by atoms with Crippen molar-refractivity contribution >= 4 is 17.3 Å². The molecule has 4 heteroatoms. The average Bonchev–Trinajstić information content (AvgIpc) is 2.44. The van der Waals surface area contributed by atoms with Gasteiger partial charge < -0.3 is 11.1 Å². The smallest absolute Gasteiger partial charge is 0.241 e. The van der Waals surface area contributed by atoms with Gasteiger partial charge in [0.1, 0.15) is 0 Å². The molecule has 110 valence electrons. The molecule has 20 heavy (non-hydrogen) atoms. The van der Waals surface area contributed by atoms with E-state index in [9.17, 15) is 4.79 Å². The standard InChI is InChI=1S/C16H25N3O/c1-3-15(19-10-8-12(2)9-11-19)16(20)18-14-6-4-13(17)5-7-14/h4-7,12,15H,3,8-11,17H2,1-2H3,(H,18,20). The Bertz CT molecular complexity index is 436. The topological polar surface area (TPSA) is 58.4 Å². The van der Waals surface area contributed by atoms with Crippen molar-refractivity contribution in [2.75, 3.05) is 24.1 Å². The molecule has 1 aliphatic rings. The molecule has 1 aliphatic heterocycles. The molecule has 0 radical (unpaired) electrons. The maximum absolute atomic E-state index is 12.4. The van der Waals surface area contributed by atoms with Crippen LogP contribution in [0.25, 0.3) is 0 Å². The van der Waals surface area contributed by atoms with Gasteiger partial charge in [0.15, 0.2) is 0 Å². The van der Waals surface area contributed by atoms with Gasteiger partial charge in [0.25, 0.3) is 0 Å². The molecule has 1 saturated heterocycles. The number of benzene rings is 1. The predicted molar refractivity (Wildman–Crippen MR) is 83.5 cm³/mol. The summed E-state index contributed by atoms with van der Waals surface area (Å²) < 4.78 is 0. The van der Waals surface area contributed by atoms with Gasteiger partial charge >= 0.3 is 0 Å². The number of hydrogen-bond acceptors (Lipinski definition) is 3. The lowest BCUT2D eigenvalue weighted by Crippen LogP contribution is -2.47.